The number of carbonyl (C=O) groups excluding carboxylic acids is 1. The van der Waals surface area contributed by atoms with Gasteiger partial charge >= 0.3 is 0 Å². The molecule has 4 nitrogen and oxygen atoms in total. The van der Waals surface area contributed by atoms with Gasteiger partial charge in [-0.15, -0.1) is 0 Å². The van der Waals surface area contributed by atoms with E-state index in [9.17, 15) is 9.90 Å². The van der Waals surface area contributed by atoms with Gasteiger partial charge < -0.3 is 14.6 Å². The van der Waals surface area contributed by atoms with Crippen LogP contribution < -0.4 is 9.84 Å². The minimum Gasteiger partial charge on any atom is -0.545 e. The zero-order valence-corrected chi connectivity index (χ0v) is 15.6. The van der Waals surface area contributed by atoms with Gasteiger partial charge in [0.2, 0.25) is 0 Å². The second-order valence-electron chi connectivity index (χ2n) is 6.64. The Morgan fingerprint density at radius 2 is 1.61 bits per heavy atom. The van der Waals surface area contributed by atoms with Crippen LogP contribution in [0.25, 0.3) is 22.2 Å². The average Bonchev–Trinajstić information content (AvgIpc) is 2.71. The third kappa shape index (κ3) is 3.09. The smallest absolute Gasteiger partial charge is 0.163 e. The molecule has 0 amide bonds. The van der Waals surface area contributed by atoms with Gasteiger partial charge in [0, 0.05) is 10.9 Å². The van der Waals surface area contributed by atoms with Crippen molar-refractivity contribution >= 4 is 16.9 Å². The number of aryl methyl sites for hydroxylation is 1. The molecule has 0 radical (unpaired) electrons. The van der Waals surface area contributed by atoms with Crippen molar-refractivity contribution in [2.24, 2.45) is 0 Å². The van der Waals surface area contributed by atoms with Gasteiger partial charge in [-0.05, 0) is 37.1 Å². The van der Waals surface area contributed by atoms with Crippen LogP contribution in [0.3, 0.4) is 0 Å². The Morgan fingerprint density at radius 3 is 2.36 bits per heavy atom. The summed E-state index contributed by atoms with van der Waals surface area (Å²) in [6.45, 7) is 3.93. The molecule has 3 aromatic carbocycles. The van der Waals surface area contributed by atoms with Crippen LogP contribution in [-0.4, -0.2) is 11.0 Å². The average molecular weight is 368 g/mol. The summed E-state index contributed by atoms with van der Waals surface area (Å²) in [6, 6.07) is 22.2. The van der Waals surface area contributed by atoms with Gasteiger partial charge in [0.15, 0.2) is 5.75 Å². The largest absolute Gasteiger partial charge is 0.545 e. The first kappa shape index (κ1) is 17.7. The lowest BCUT2D eigenvalue weighted by Gasteiger charge is -2.19. The Morgan fingerprint density at radius 1 is 0.893 bits per heavy atom. The number of carboxylic acid groups (broad SMARTS) is 1. The summed E-state index contributed by atoms with van der Waals surface area (Å²) >= 11 is 0. The number of pyridine rings is 1. The van der Waals surface area contributed by atoms with Crippen molar-refractivity contribution in [3.8, 4) is 22.8 Å². The molecule has 0 bridgehead atoms. The molecule has 0 aliphatic carbocycles. The highest BCUT2D eigenvalue weighted by molar-refractivity contribution is 6.06. The molecule has 0 unspecified atom stereocenters. The van der Waals surface area contributed by atoms with Crippen molar-refractivity contribution in [3.05, 3.63) is 89.5 Å². The Bertz CT molecular complexity index is 1180. The van der Waals surface area contributed by atoms with Gasteiger partial charge in [-0.25, -0.2) is 4.98 Å². The van der Waals surface area contributed by atoms with Crippen LogP contribution in [0.5, 0.6) is 11.5 Å². The monoisotopic (exact) mass is 368 g/mol. The van der Waals surface area contributed by atoms with E-state index < -0.39 is 5.97 Å². The topological polar surface area (TPSA) is 62.2 Å². The standard InChI is InChI=1S/C24H19NO3/c1-15-9-8-14-20(16(15)2)28-23-21(24(26)27)18-12-6-7-13-19(18)25-22(23)17-10-4-3-5-11-17/h3-14H,1-2H3,(H,26,27)/p-1. The SMILES string of the molecule is Cc1cccc(Oc2c(-c3ccccc3)nc3ccccc3c2C(=O)[O-])c1C. The number of aromatic nitrogens is 1. The summed E-state index contributed by atoms with van der Waals surface area (Å²) in [5, 5.41) is 12.6. The van der Waals surface area contributed by atoms with Gasteiger partial charge in [0.1, 0.15) is 11.4 Å². The maximum Gasteiger partial charge on any atom is 0.163 e. The van der Waals surface area contributed by atoms with Gasteiger partial charge in [0.25, 0.3) is 0 Å². The number of carboxylic acids is 1. The Kier molecular flexibility index (Phi) is 4.53. The zero-order valence-electron chi connectivity index (χ0n) is 15.6. The molecule has 0 spiro atoms. The zero-order chi connectivity index (χ0) is 19.7. The van der Waals surface area contributed by atoms with E-state index in [2.05, 4.69) is 0 Å². The lowest BCUT2D eigenvalue weighted by Crippen LogP contribution is -2.24. The van der Waals surface area contributed by atoms with Crippen LogP contribution in [0.2, 0.25) is 0 Å². The fourth-order valence-corrected chi connectivity index (χ4v) is 3.23. The van der Waals surface area contributed by atoms with E-state index >= 15 is 0 Å². The summed E-state index contributed by atoms with van der Waals surface area (Å²) in [7, 11) is 0. The van der Waals surface area contributed by atoms with E-state index in [1.54, 1.807) is 18.2 Å². The lowest BCUT2D eigenvalue weighted by molar-refractivity contribution is -0.254. The minimum atomic E-state index is -1.30. The molecule has 1 heterocycles. The van der Waals surface area contributed by atoms with E-state index in [1.165, 1.54) is 0 Å². The highest BCUT2D eigenvalue weighted by Gasteiger charge is 2.20. The first-order valence-corrected chi connectivity index (χ1v) is 9.00. The number of benzene rings is 3. The first-order chi connectivity index (χ1) is 13.6. The number of ether oxygens (including phenoxy) is 1. The van der Waals surface area contributed by atoms with E-state index in [0.29, 0.717) is 22.3 Å². The van der Waals surface area contributed by atoms with Crippen molar-refractivity contribution < 1.29 is 14.6 Å². The third-order valence-corrected chi connectivity index (χ3v) is 4.87. The number of nitrogens with zero attached hydrogens (tertiary/aromatic N) is 1. The van der Waals surface area contributed by atoms with Gasteiger partial charge in [-0.1, -0.05) is 60.7 Å². The van der Waals surface area contributed by atoms with Crippen LogP contribution in [0, 0.1) is 13.8 Å². The second-order valence-corrected chi connectivity index (χ2v) is 6.64. The number of fused-ring (bicyclic) bond motifs is 1. The number of hydrogen-bond acceptors (Lipinski definition) is 4. The predicted molar refractivity (Wildman–Crippen MR) is 107 cm³/mol. The van der Waals surface area contributed by atoms with Crippen LogP contribution >= 0.6 is 0 Å². The highest BCUT2D eigenvalue weighted by atomic mass is 16.5. The van der Waals surface area contributed by atoms with Crippen molar-refractivity contribution in [2.75, 3.05) is 0 Å². The molecule has 0 atom stereocenters. The second kappa shape index (κ2) is 7.16. The summed E-state index contributed by atoms with van der Waals surface area (Å²) in [5.41, 5.74) is 3.83. The summed E-state index contributed by atoms with van der Waals surface area (Å²) in [4.78, 5) is 16.9. The van der Waals surface area contributed by atoms with Crippen molar-refractivity contribution in [1.82, 2.24) is 4.98 Å². The summed E-state index contributed by atoms with van der Waals surface area (Å²) in [6.07, 6.45) is 0. The summed E-state index contributed by atoms with van der Waals surface area (Å²) < 4.78 is 6.19. The van der Waals surface area contributed by atoms with E-state index in [0.717, 1.165) is 16.7 Å². The number of para-hydroxylation sites is 1. The molecule has 0 saturated heterocycles. The van der Waals surface area contributed by atoms with Crippen LogP contribution in [0.15, 0.2) is 72.8 Å². The highest BCUT2D eigenvalue weighted by Crippen LogP contribution is 2.39. The predicted octanol–water partition coefficient (Wildman–Crippen LogP) is 4.67. The molecule has 4 heteroatoms. The maximum absolute atomic E-state index is 12.1. The molecule has 0 aliphatic heterocycles. The molecule has 0 N–H and O–H groups in total. The molecule has 0 saturated carbocycles. The summed E-state index contributed by atoms with van der Waals surface area (Å²) in [5.74, 6) is -0.508. The quantitative estimate of drug-likeness (QED) is 0.525. The molecule has 0 fully saturated rings. The molecule has 0 aliphatic rings. The minimum absolute atomic E-state index is 0.00496. The molecular weight excluding hydrogens is 350 g/mol. The fourth-order valence-electron chi connectivity index (χ4n) is 3.23. The molecule has 4 aromatic rings. The van der Waals surface area contributed by atoms with E-state index in [1.807, 2.05) is 68.4 Å². The van der Waals surface area contributed by atoms with Gasteiger partial charge in [-0.2, -0.15) is 0 Å². The molecule has 28 heavy (non-hydrogen) atoms. The van der Waals surface area contributed by atoms with E-state index in [4.69, 9.17) is 9.72 Å². The van der Waals surface area contributed by atoms with Crippen LogP contribution in [-0.2, 0) is 0 Å². The first-order valence-electron chi connectivity index (χ1n) is 9.00. The Hall–Kier alpha value is -3.66. The van der Waals surface area contributed by atoms with Crippen molar-refractivity contribution in [2.45, 2.75) is 13.8 Å². The Balaban J connectivity index is 2.05. The normalized spacial score (nSPS) is 10.8. The molecule has 138 valence electrons. The Labute approximate surface area is 163 Å². The molecular formula is C24H18NO3-. The molecule has 4 rings (SSSR count). The van der Waals surface area contributed by atoms with Gasteiger partial charge in [-0.3, -0.25) is 0 Å². The van der Waals surface area contributed by atoms with Crippen LogP contribution in [0.1, 0.15) is 21.5 Å². The third-order valence-electron chi connectivity index (χ3n) is 4.87. The van der Waals surface area contributed by atoms with Gasteiger partial charge in [0.05, 0.1) is 17.0 Å². The maximum atomic E-state index is 12.1. The van der Waals surface area contributed by atoms with Crippen molar-refractivity contribution in [1.29, 1.82) is 0 Å². The number of rotatable bonds is 4. The fraction of sp³-hybridized carbons (Fsp3) is 0.0833. The number of hydrogen-bond donors (Lipinski definition) is 0. The number of aromatic carboxylic acids is 1. The van der Waals surface area contributed by atoms with Crippen LogP contribution in [0.4, 0.5) is 0 Å². The van der Waals surface area contributed by atoms with Crippen molar-refractivity contribution in [3.63, 3.8) is 0 Å². The van der Waals surface area contributed by atoms with E-state index in [-0.39, 0.29) is 11.3 Å². The lowest BCUT2D eigenvalue weighted by atomic mass is 10.0. The molecule has 1 aromatic heterocycles. The number of carbonyl (C=O) groups is 1.